The minimum atomic E-state index is -0.890. The van der Waals surface area contributed by atoms with Gasteiger partial charge in [-0.3, -0.25) is 9.78 Å². The molecule has 1 aliphatic carbocycles. The lowest BCUT2D eigenvalue weighted by atomic mass is 9.93. The van der Waals surface area contributed by atoms with Gasteiger partial charge >= 0.3 is 0 Å². The first-order chi connectivity index (χ1) is 16.1. The van der Waals surface area contributed by atoms with E-state index in [-0.39, 0.29) is 30.6 Å². The highest BCUT2D eigenvalue weighted by atomic mass is 19.2. The van der Waals surface area contributed by atoms with E-state index in [4.69, 9.17) is 4.74 Å². The summed E-state index contributed by atoms with van der Waals surface area (Å²) < 4.78 is 32.9. The maximum atomic E-state index is 13.7. The molecule has 172 valence electrons. The van der Waals surface area contributed by atoms with Gasteiger partial charge in [0.15, 0.2) is 11.6 Å². The van der Waals surface area contributed by atoms with Crippen LogP contribution < -0.4 is 5.32 Å². The van der Waals surface area contributed by atoms with Crippen molar-refractivity contribution in [2.24, 2.45) is 5.92 Å². The van der Waals surface area contributed by atoms with E-state index in [0.717, 1.165) is 48.0 Å². The number of nitrogens with zero attached hydrogens (tertiary/aromatic N) is 2. The van der Waals surface area contributed by atoms with Gasteiger partial charge in [0.1, 0.15) is 0 Å². The van der Waals surface area contributed by atoms with Crippen molar-refractivity contribution in [1.82, 2.24) is 15.2 Å². The van der Waals surface area contributed by atoms with Gasteiger partial charge in [0.25, 0.3) is 0 Å². The van der Waals surface area contributed by atoms with E-state index in [2.05, 4.69) is 10.3 Å². The van der Waals surface area contributed by atoms with Crippen LogP contribution in [-0.4, -0.2) is 41.0 Å². The number of rotatable bonds is 7. The number of carbonyl (C=O) groups is 1. The average Bonchev–Trinajstić information content (AvgIpc) is 3.68. The number of aromatic nitrogens is 1. The van der Waals surface area contributed by atoms with Crippen molar-refractivity contribution in [3.63, 3.8) is 0 Å². The van der Waals surface area contributed by atoms with Gasteiger partial charge in [-0.2, -0.15) is 0 Å². The number of benzene rings is 2. The van der Waals surface area contributed by atoms with Crippen molar-refractivity contribution >= 4 is 16.8 Å². The standard InChI is InChI=1S/C26H27F2N3O2/c27-22-8-5-17(13-23(22)28)16-33-25-10-11-29-14-21(25)26(32)31(19-6-7-19)15-18-9-12-30-24-4-2-1-3-20(18)24/h1-5,8-9,12-13,19,21,25,29H,6-7,10-11,14-16H2. The number of carbonyl (C=O) groups excluding carboxylic acids is 1. The quantitative estimate of drug-likeness (QED) is 0.585. The maximum Gasteiger partial charge on any atom is 0.230 e. The zero-order chi connectivity index (χ0) is 22.8. The molecule has 1 amide bonds. The minimum absolute atomic E-state index is 0.0841. The number of hydrogen-bond acceptors (Lipinski definition) is 4. The summed E-state index contributed by atoms with van der Waals surface area (Å²) in [5.74, 6) is -2.01. The van der Waals surface area contributed by atoms with Gasteiger partial charge in [-0.25, -0.2) is 8.78 Å². The number of nitrogens with one attached hydrogen (secondary N) is 1. The Balaban J connectivity index is 1.32. The molecule has 5 rings (SSSR count). The van der Waals surface area contributed by atoms with Crippen LogP contribution >= 0.6 is 0 Å². The predicted molar refractivity (Wildman–Crippen MR) is 121 cm³/mol. The van der Waals surface area contributed by atoms with Crippen LogP contribution in [0, 0.1) is 17.6 Å². The second kappa shape index (κ2) is 9.53. The topological polar surface area (TPSA) is 54.5 Å². The van der Waals surface area contributed by atoms with Crippen LogP contribution in [0.2, 0.25) is 0 Å². The van der Waals surface area contributed by atoms with Crippen molar-refractivity contribution < 1.29 is 18.3 Å². The third-order valence-corrected chi connectivity index (χ3v) is 6.53. The monoisotopic (exact) mass is 451 g/mol. The predicted octanol–water partition coefficient (Wildman–Crippen LogP) is 4.20. The molecule has 2 fully saturated rings. The van der Waals surface area contributed by atoms with E-state index in [1.807, 2.05) is 35.2 Å². The van der Waals surface area contributed by atoms with E-state index >= 15 is 0 Å². The Morgan fingerprint density at radius 3 is 2.76 bits per heavy atom. The van der Waals surface area contributed by atoms with Crippen molar-refractivity contribution in [3.05, 3.63) is 77.5 Å². The van der Waals surface area contributed by atoms with Gasteiger partial charge in [0.2, 0.25) is 5.91 Å². The Morgan fingerprint density at radius 1 is 1.09 bits per heavy atom. The second-order valence-corrected chi connectivity index (χ2v) is 8.88. The Hall–Kier alpha value is -2.90. The van der Waals surface area contributed by atoms with Gasteiger partial charge in [0, 0.05) is 30.7 Å². The van der Waals surface area contributed by atoms with Crippen LogP contribution in [0.5, 0.6) is 0 Å². The number of para-hydroxylation sites is 1. The summed E-state index contributed by atoms with van der Waals surface area (Å²) in [6, 6.07) is 14.0. The smallest absolute Gasteiger partial charge is 0.230 e. The van der Waals surface area contributed by atoms with E-state index in [0.29, 0.717) is 25.1 Å². The van der Waals surface area contributed by atoms with Crippen LogP contribution in [0.25, 0.3) is 10.9 Å². The zero-order valence-corrected chi connectivity index (χ0v) is 18.3. The molecule has 33 heavy (non-hydrogen) atoms. The second-order valence-electron chi connectivity index (χ2n) is 8.88. The number of hydrogen-bond donors (Lipinski definition) is 1. The van der Waals surface area contributed by atoms with Crippen LogP contribution in [-0.2, 0) is 22.7 Å². The van der Waals surface area contributed by atoms with Gasteiger partial charge < -0.3 is 15.0 Å². The number of amides is 1. The van der Waals surface area contributed by atoms with Crippen molar-refractivity contribution in [2.45, 2.75) is 44.6 Å². The highest BCUT2D eigenvalue weighted by molar-refractivity contribution is 5.84. The normalized spacial score (nSPS) is 20.7. The Bertz CT molecular complexity index is 1150. The third kappa shape index (κ3) is 4.89. The molecule has 2 aromatic carbocycles. The molecule has 2 heterocycles. The van der Waals surface area contributed by atoms with Gasteiger partial charge in [0.05, 0.1) is 24.1 Å². The van der Waals surface area contributed by atoms with E-state index < -0.39 is 11.6 Å². The molecule has 1 aliphatic heterocycles. The largest absolute Gasteiger partial charge is 0.373 e. The lowest BCUT2D eigenvalue weighted by molar-refractivity contribution is -0.144. The molecule has 2 atom stereocenters. The Kier molecular flexibility index (Phi) is 6.33. The number of fused-ring (bicyclic) bond motifs is 1. The molecular weight excluding hydrogens is 424 g/mol. The lowest BCUT2D eigenvalue weighted by Crippen LogP contribution is -2.50. The Labute approximate surface area is 191 Å². The molecule has 0 spiro atoms. The fourth-order valence-electron chi connectivity index (χ4n) is 4.58. The molecule has 5 nitrogen and oxygen atoms in total. The molecule has 2 unspecified atom stereocenters. The van der Waals surface area contributed by atoms with E-state index in [9.17, 15) is 13.6 Å². The summed E-state index contributed by atoms with van der Waals surface area (Å²) in [7, 11) is 0. The lowest BCUT2D eigenvalue weighted by Gasteiger charge is -2.35. The first-order valence-electron chi connectivity index (χ1n) is 11.5. The summed E-state index contributed by atoms with van der Waals surface area (Å²) in [6.07, 6.45) is 4.23. The van der Waals surface area contributed by atoms with Gasteiger partial charge in [-0.05, 0) is 61.2 Å². The zero-order valence-electron chi connectivity index (χ0n) is 18.3. The summed E-state index contributed by atoms with van der Waals surface area (Å²) in [5, 5.41) is 4.38. The minimum Gasteiger partial charge on any atom is -0.373 e. The van der Waals surface area contributed by atoms with Gasteiger partial charge in [-0.1, -0.05) is 24.3 Å². The number of ether oxygens (including phenoxy) is 1. The van der Waals surface area contributed by atoms with E-state index in [1.165, 1.54) is 6.07 Å². The van der Waals surface area contributed by atoms with Crippen LogP contribution in [0.1, 0.15) is 30.4 Å². The summed E-state index contributed by atoms with van der Waals surface area (Å²) in [6.45, 7) is 1.98. The van der Waals surface area contributed by atoms with Crippen molar-refractivity contribution in [3.8, 4) is 0 Å². The van der Waals surface area contributed by atoms with E-state index in [1.54, 1.807) is 6.20 Å². The average molecular weight is 452 g/mol. The summed E-state index contributed by atoms with van der Waals surface area (Å²) in [5.41, 5.74) is 2.56. The third-order valence-electron chi connectivity index (χ3n) is 6.53. The maximum absolute atomic E-state index is 13.7. The Morgan fingerprint density at radius 2 is 1.94 bits per heavy atom. The summed E-state index contributed by atoms with van der Waals surface area (Å²) >= 11 is 0. The highest BCUT2D eigenvalue weighted by Crippen LogP contribution is 2.32. The molecular formula is C26H27F2N3O2. The highest BCUT2D eigenvalue weighted by Gasteiger charge is 2.40. The molecule has 2 aliphatic rings. The molecule has 1 saturated heterocycles. The van der Waals surface area contributed by atoms with Crippen LogP contribution in [0.3, 0.4) is 0 Å². The van der Waals surface area contributed by atoms with Crippen LogP contribution in [0.15, 0.2) is 54.7 Å². The van der Waals surface area contributed by atoms with Crippen molar-refractivity contribution in [1.29, 1.82) is 0 Å². The molecule has 0 radical (unpaired) electrons. The van der Waals surface area contributed by atoms with Crippen LogP contribution in [0.4, 0.5) is 8.78 Å². The fraction of sp³-hybridized carbons (Fsp3) is 0.385. The molecule has 1 saturated carbocycles. The van der Waals surface area contributed by atoms with Crippen molar-refractivity contribution in [2.75, 3.05) is 13.1 Å². The fourth-order valence-corrected chi connectivity index (χ4v) is 4.58. The molecule has 1 aromatic heterocycles. The first-order valence-corrected chi connectivity index (χ1v) is 11.5. The molecule has 7 heteroatoms. The SMILES string of the molecule is O=C(C1CNCCC1OCc1ccc(F)c(F)c1)N(Cc1ccnc2ccccc12)C1CC1. The number of piperidine rings is 1. The number of pyridine rings is 1. The number of halogens is 2. The molecule has 1 N–H and O–H groups in total. The first kappa shape index (κ1) is 21.9. The molecule has 3 aromatic rings. The molecule has 0 bridgehead atoms. The van der Waals surface area contributed by atoms with Gasteiger partial charge in [-0.15, -0.1) is 0 Å². The summed E-state index contributed by atoms with van der Waals surface area (Å²) in [4.78, 5) is 20.2.